The van der Waals surface area contributed by atoms with Crippen LogP contribution in [-0.4, -0.2) is 37.7 Å². The number of furan rings is 1. The Labute approximate surface area is 120 Å². The minimum absolute atomic E-state index is 0.147. The largest absolute Gasteiger partial charge is 0.464 e. The molecule has 0 saturated heterocycles. The van der Waals surface area contributed by atoms with Crippen molar-refractivity contribution < 1.29 is 9.15 Å². The van der Waals surface area contributed by atoms with Crippen LogP contribution in [-0.2, 0) is 4.74 Å². The first-order chi connectivity index (χ1) is 9.69. The van der Waals surface area contributed by atoms with Crippen LogP contribution in [0, 0.1) is 0 Å². The molecule has 0 spiro atoms. The van der Waals surface area contributed by atoms with Gasteiger partial charge < -0.3 is 14.9 Å². The Kier molecular flexibility index (Phi) is 5.17. The molecule has 4 nitrogen and oxygen atoms in total. The van der Waals surface area contributed by atoms with Crippen molar-refractivity contribution in [2.24, 2.45) is 5.73 Å². The van der Waals surface area contributed by atoms with Gasteiger partial charge in [0.05, 0.1) is 18.9 Å². The maximum atomic E-state index is 6.04. The normalized spacial score (nSPS) is 13.5. The highest BCUT2D eigenvalue weighted by molar-refractivity contribution is 5.81. The summed E-state index contributed by atoms with van der Waals surface area (Å²) >= 11 is 0. The minimum Gasteiger partial charge on any atom is -0.464 e. The lowest BCUT2D eigenvalue weighted by Gasteiger charge is -2.33. The van der Waals surface area contributed by atoms with Crippen LogP contribution in [0.15, 0.2) is 34.9 Å². The summed E-state index contributed by atoms with van der Waals surface area (Å²) in [6.07, 6.45) is 1.84. The van der Waals surface area contributed by atoms with Crippen molar-refractivity contribution in [3.05, 3.63) is 36.1 Å². The Morgan fingerprint density at radius 1 is 1.30 bits per heavy atom. The molecular weight excluding hydrogens is 252 g/mol. The van der Waals surface area contributed by atoms with Gasteiger partial charge in [0.15, 0.2) is 0 Å². The van der Waals surface area contributed by atoms with Gasteiger partial charge in [-0.1, -0.05) is 18.2 Å². The van der Waals surface area contributed by atoms with E-state index < -0.39 is 0 Å². The number of methoxy groups -OCH3 is 1. The molecule has 1 atom stereocenters. The number of hydrogen-bond donors (Lipinski definition) is 1. The molecule has 110 valence electrons. The lowest BCUT2D eigenvalue weighted by atomic mass is 10.0. The summed E-state index contributed by atoms with van der Waals surface area (Å²) in [6, 6.07) is 8.63. The van der Waals surface area contributed by atoms with E-state index in [1.165, 1.54) is 0 Å². The van der Waals surface area contributed by atoms with Gasteiger partial charge in [-0.05, 0) is 19.9 Å². The maximum absolute atomic E-state index is 6.04. The number of nitrogens with zero attached hydrogens (tertiary/aromatic N) is 1. The van der Waals surface area contributed by atoms with E-state index in [1.54, 1.807) is 7.11 Å². The average molecular weight is 276 g/mol. The standard InChI is InChI=1S/C16H24N2O2/c1-12(2)18(8-9-19-3)15(10-17)14-11-20-16-7-5-4-6-13(14)16/h4-7,11-12,15H,8-10,17H2,1-3H3. The van der Waals surface area contributed by atoms with Gasteiger partial charge in [0.25, 0.3) is 0 Å². The van der Waals surface area contributed by atoms with Crippen molar-refractivity contribution in [3.8, 4) is 0 Å². The number of ether oxygens (including phenoxy) is 1. The summed E-state index contributed by atoms with van der Waals surface area (Å²) in [5, 5.41) is 1.14. The molecule has 20 heavy (non-hydrogen) atoms. The van der Waals surface area contributed by atoms with E-state index in [4.69, 9.17) is 14.9 Å². The molecule has 0 amide bonds. The monoisotopic (exact) mass is 276 g/mol. The first-order valence-electron chi connectivity index (χ1n) is 7.10. The summed E-state index contributed by atoms with van der Waals surface area (Å²) in [5.41, 5.74) is 8.11. The second kappa shape index (κ2) is 6.88. The van der Waals surface area contributed by atoms with Crippen LogP contribution < -0.4 is 5.73 Å². The van der Waals surface area contributed by atoms with Gasteiger partial charge in [-0.3, -0.25) is 4.90 Å². The van der Waals surface area contributed by atoms with Gasteiger partial charge in [0, 0.05) is 37.2 Å². The smallest absolute Gasteiger partial charge is 0.134 e. The maximum Gasteiger partial charge on any atom is 0.134 e. The van der Waals surface area contributed by atoms with Crippen LogP contribution >= 0.6 is 0 Å². The number of nitrogens with two attached hydrogens (primary N) is 1. The zero-order valence-electron chi connectivity index (χ0n) is 12.5. The van der Waals surface area contributed by atoms with Crippen molar-refractivity contribution >= 4 is 11.0 Å². The van der Waals surface area contributed by atoms with Gasteiger partial charge in [0.1, 0.15) is 5.58 Å². The fourth-order valence-corrected chi connectivity index (χ4v) is 2.67. The second-order valence-corrected chi connectivity index (χ2v) is 5.26. The Morgan fingerprint density at radius 3 is 2.70 bits per heavy atom. The van der Waals surface area contributed by atoms with Crippen molar-refractivity contribution in [2.45, 2.75) is 25.9 Å². The highest BCUT2D eigenvalue weighted by Gasteiger charge is 2.24. The average Bonchev–Trinajstić information content (AvgIpc) is 2.87. The molecule has 0 aliphatic rings. The van der Waals surface area contributed by atoms with Crippen LogP contribution in [0.3, 0.4) is 0 Å². The summed E-state index contributed by atoms with van der Waals surface area (Å²) in [7, 11) is 1.73. The molecule has 2 aromatic rings. The van der Waals surface area contributed by atoms with Crippen LogP contribution in [0.25, 0.3) is 11.0 Å². The third kappa shape index (κ3) is 3.03. The number of benzene rings is 1. The SMILES string of the molecule is COCCN(C(C)C)C(CN)c1coc2ccccc12. The number of fused-ring (bicyclic) bond motifs is 1. The lowest BCUT2D eigenvalue weighted by Crippen LogP contribution is -2.40. The highest BCUT2D eigenvalue weighted by atomic mass is 16.5. The molecule has 0 radical (unpaired) electrons. The molecule has 0 bridgehead atoms. The predicted molar refractivity (Wildman–Crippen MR) is 81.7 cm³/mol. The summed E-state index contributed by atoms with van der Waals surface area (Å²) in [6.45, 7) is 6.48. The summed E-state index contributed by atoms with van der Waals surface area (Å²) in [5.74, 6) is 0. The third-order valence-electron chi connectivity index (χ3n) is 3.71. The van der Waals surface area contributed by atoms with Crippen molar-refractivity contribution in [1.82, 2.24) is 4.90 Å². The van der Waals surface area contributed by atoms with E-state index in [2.05, 4.69) is 24.8 Å². The predicted octanol–water partition coefficient (Wildman–Crippen LogP) is 2.79. The van der Waals surface area contributed by atoms with Crippen molar-refractivity contribution in [2.75, 3.05) is 26.8 Å². The lowest BCUT2D eigenvalue weighted by molar-refractivity contribution is 0.0981. The third-order valence-corrected chi connectivity index (χ3v) is 3.71. The topological polar surface area (TPSA) is 51.6 Å². The van der Waals surface area contributed by atoms with Gasteiger partial charge >= 0.3 is 0 Å². The van der Waals surface area contributed by atoms with Crippen LogP contribution in [0.1, 0.15) is 25.5 Å². The van der Waals surface area contributed by atoms with E-state index in [1.807, 2.05) is 24.5 Å². The molecular formula is C16H24N2O2. The van der Waals surface area contributed by atoms with E-state index in [0.717, 1.165) is 23.1 Å². The molecule has 2 N–H and O–H groups in total. The van der Waals surface area contributed by atoms with Crippen LogP contribution in [0.5, 0.6) is 0 Å². The summed E-state index contributed by atoms with van der Waals surface area (Å²) in [4.78, 5) is 2.36. The Balaban J connectivity index is 2.34. The van der Waals surface area contributed by atoms with E-state index in [0.29, 0.717) is 19.2 Å². The summed E-state index contributed by atoms with van der Waals surface area (Å²) < 4.78 is 10.9. The fourth-order valence-electron chi connectivity index (χ4n) is 2.67. The molecule has 2 rings (SSSR count). The van der Waals surface area contributed by atoms with E-state index >= 15 is 0 Å². The van der Waals surface area contributed by atoms with E-state index in [9.17, 15) is 0 Å². The van der Waals surface area contributed by atoms with Gasteiger partial charge in [-0.25, -0.2) is 0 Å². The fraction of sp³-hybridized carbons (Fsp3) is 0.500. The molecule has 0 saturated carbocycles. The van der Waals surface area contributed by atoms with Gasteiger partial charge in [0.2, 0.25) is 0 Å². The van der Waals surface area contributed by atoms with Gasteiger partial charge in [-0.2, -0.15) is 0 Å². The van der Waals surface area contributed by atoms with Crippen molar-refractivity contribution in [3.63, 3.8) is 0 Å². The minimum atomic E-state index is 0.147. The quantitative estimate of drug-likeness (QED) is 0.845. The van der Waals surface area contributed by atoms with Crippen molar-refractivity contribution in [1.29, 1.82) is 0 Å². The molecule has 4 heteroatoms. The Bertz CT molecular complexity index is 536. The highest BCUT2D eigenvalue weighted by Crippen LogP contribution is 2.30. The molecule has 1 heterocycles. The van der Waals surface area contributed by atoms with Gasteiger partial charge in [-0.15, -0.1) is 0 Å². The number of para-hydroxylation sites is 1. The second-order valence-electron chi connectivity index (χ2n) is 5.26. The number of rotatable bonds is 7. The Hall–Kier alpha value is -1.36. The first-order valence-corrected chi connectivity index (χ1v) is 7.10. The molecule has 0 aliphatic heterocycles. The molecule has 1 aromatic carbocycles. The first kappa shape index (κ1) is 15.0. The van der Waals surface area contributed by atoms with Crippen LogP contribution in [0.2, 0.25) is 0 Å². The Morgan fingerprint density at radius 2 is 2.05 bits per heavy atom. The zero-order valence-corrected chi connectivity index (χ0v) is 12.5. The molecule has 0 aliphatic carbocycles. The van der Waals surface area contributed by atoms with Crippen LogP contribution in [0.4, 0.5) is 0 Å². The zero-order chi connectivity index (χ0) is 14.5. The van der Waals surface area contributed by atoms with E-state index in [-0.39, 0.29) is 6.04 Å². The molecule has 1 unspecified atom stereocenters. The molecule has 1 aromatic heterocycles. The molecule has 0 fully saturated rings. The number of hydrogen-bond acceptors (Lipinski definition) is 4.